The van der Waals surface area contributed by atoms with Gasteiger partial charge >= 0.3 is 11.9 Å². The fraction of sp³-hybridized carbons (Fsp3) is 0.385. The van der Waals surface area contributed by atoms with E-state index in [1.165, 1.54) is 21.1 Å². The molecule has 0 radical (unpaired) electrons. The van der Waals surface area contributed by atoms with Gasteiger partial charge < -0.3 is 9.47 Å². The van der Waals surface area contributed by atoms with E-state index >= 15 is 0 Å². The smallest absolute Gasteiger partial charge is 0.337 e. The van der Waals surface area contributed by atoms with Crippen LogP contribution in [0, 0.1) is 0 Å². The molecule has 0 aromatic heterocycles. The Morgan fingerprint density at radius 2 is 1.35 bits per heavy atom. The molecule has 1 rings (SSSR count). The molecule has 0 aliphatic heterocycles. The van der Waals surface area contributed by atoms with E-state index in [-0.39, 0.29) is 11.9 Å². The number of carbonyl (C=O) groups is 2. The van der Waals surface area contributed by atoms with Crippen LogP contribution in [0.25, 0.3) is 0 Å². The lowest BCUT2D eigenvalue weighted by molar-refractivity contribution is -0.137. The van der Waals surface area contributed by atoms with Crippen LogP contribution in [-0.2, 0) is 14.3 Å². The molecule has 0 aliphatic carbocycles. The van der Waals surface area contributed by atoms with E-state index < -0.39 is 0 Å². The van der Waals surface area contributed by atoms with Crippen molar-refractivity contribution in [3.05, 3.63) is 35.9 Å². The van der Waals surface area contributed by atoms with Gasteiger partial charge in [-0.15, -0.1) is 0 Å². The second kappa shape index (κ2) is 12.2. The Hall–Kier alpha value is -1.84. The summed E-state index contributed by atoms with van der Waals surface area (Å²) in [7, 11) is 2.72. The fourth-order valence-electron chi connectivity index (χ4n) is 0.692. The van der Waals surface area contributed by atoms with Gasteiger partial charge in [0, 0.05) is 6.92 Å². The van der Waals surface area contributed by atoms with Crippen LogP contribution in [-0.4, -0.2) is 26.2 Å². The Kier molecular flexibility index (Phi) is 12.6. The molecule has 1 aromatic carbocycles. The zero-order valence-electron chi connectivity index (χ0n) is 11.0. The molecule has 4 nitrogen and oxygen atoms in total. The molecule has 0 atom stereocenters. The highest BCUT2D eigenvalue weighted by Crippen LogP contribution is 1.98. The van der Waals surface area contributed by atoms with Crippen molar-refractivity contribution in [2.45, 2.75) is 20.8 Å². The maximum atomic E-state index is 10.8. The molecule has 0 heterocycles. The number of hydrogen-bond acceptors (Lipinski definition) is 4. The SMILES string of the molecule is CC.COC(=O)c1ccccc1.COC(C)=O. The molecule has 0 amide bonds. The van der Waals surface area contributed by atoms with Crippen LogP contribution in [0.4, 0.5) is 0 Å². The van der Waals surface area contributed by atoms with E-state index in [1.54, 1.807) is 24.3 Å². The number of rotatable bonds is 1. The highest BCUT2D eigenvalue weighted by Gasteiger charge is 2.00. The van der Waals surface area contributed by atoms with Gasteiger partial charge in [-0.1, -0.05) is 32.0 Å². The van der Waals surface area contributed by atoms with Crippen LogP contribution in [0.1, 0.15) is 31.1 Å². The first-order valence-corrected chi connectivity index (χ1v) is 5.29. The summed E-state index contributed by atoms with van der Waals surface area (Å²) < 4.78 is 8.61. The van der Waals surface area contributed by atoms with Gasteiger partial charge in [-0.3, -0.25) is 4.79 Å². The first-order chi connectivity index (χ1) is 8.11. The summed E-state index contributed by atoms with van der Waals surface area (Å²) in [5.74, 6) is -0.536. The van der Waals surface area contributed by atoms with Crippen molar-refractivity contribution in [3.8, 4) is 0 Å². The summed E-state index contributed by atoms with van der Waals surface area (Å²) in [5, 5.41) is 0. The lowest BCUT2D eigenvalue weighted by Crippen LogP contribution is -1.99. The third-order valence-electron chi connectivity index (χ3n) is 1.48. The molecule has 0 bridgehead atoms. The highest BCUT2D eigenvalue weighted by molar-refractivity contribution is 5.89. The molecule has 0 fully saturated rings. The molecule has 0 N–H and O–H groups in total. The average Bonchev–Trinajstić information content (AvgIpc) is 2.41. The summed E-state index contributed by atoms with van der Waals surface area (Å²) in [6, 6.07) is 8.88. The maximum Gasteiger partial charge on any atom is 0.337 e. The van der Waals surface area contributed by atoms with Gasteiger partial charge in [0.15, 0.2) is 0 Å². The van der Waals surface area contributed by atoms with Crippen LogP contribution in [0.2, 0.25) is 0 Å². The van der Waals surface area contributed by atoms with Crippen molar-refractivity contribution in [3.63, 3.8) is 0 Å². The van der Waals surface area contributed by atoms with Gasteiger partial charge in [0.1, 0.15) is 0 Å². The number of esters is 2. The second-order valence-corrected chi connectivity index (χ2v) is 2.55. The first kappa shape index (κ1) is 17.6. The summed E-state index contributed by atoms with van der Waals surface area (Å²) in [6.07, 6.45) is 0. The number of methoxy groups -OCH3 is 2. The summed E-state index contributed by atoms with van der Waals surface area (Å²) in [5.41, 5.74) is 0.588. The summed E-state index contributed by atoms with van der Waals surface area (Å²) in [6.45, 7) is 5.36. The lowest BCUT2D eigenvalue weighted by Gasteiger charge is -1.95. The van der Waals surface area contributed by atoms with Gasteiger partial charge in [-0.25, -0.2) is 4.79 Å². The van der Waals surface area contributed by atoms with Crippen LogP contribution in [0.3, 0.4) is 0 Å². The summed E-state index contributed by atoms with van der Waals surface area (Å²) >= 11 is 0. The third-order valence-corrected chi connectivity index (χ3v) is 1.48. The van der Waals surface area contributed by atoms with Crippen LogP contribution in [0.15, 0.2) is 30.3 Å². The highest BCUT2D eigenvalue weighted by atomic mass is 16.5. The number of ether oxygens (including phenoxy) is 2. The zero-order chi connectivity index (χ0) is 13.7. The minimum absolute atomic E-state index is 0.245. The largest absolute Gasteiger partial charge is 0.469 e. The van der Waals surface area contributed by atoms with Crippen molar-refractivity contribution < 1.29 is 19.1 Å². The predicted octanol–water partition coefficient (Wildman–Crippen LogP) is 2.68. The van der Waals surface area contributed by atoms with E-state index in [1.807, 2.05) is 19.9 Å². The Morgan fingerprint density at radius 3 is 1.65 bits per heavy atom. The van der Waals surface area contributed by atoms with Gasteiger partial charge in [0.05, 0.1) is 19.8 Å². The lowest BCUT2D eigenvalue weighted by atomic mass is 10.2. The Labute approximate surface area is 103 Å². The number of benzene rings is 1. The summed E-state index contributed by atoms with van der Waals surface area (Å²) in [4.78, 5) is 20.4. The molecule has 4 heteroatoms. The Bertz CT molecular complexity index is 306. The van der Waals surface area contributed by atoms with E-state index in [2.05, 4.69) is 9.47 Å². The minimum Gasteiger partial charge on any atom is -0.469 e. The molecular weight excluding hydrogens is 220 g/mol. The van der Waals surface area contributed by atoms with Crippen molar-refractivity contribution >= 4 is 11.9 Å². The molecule has 0 saturated carbocycles. The standard InChI is InChI=1S/C8H8O2.C3H6O2.C2H6/c1-10-8(9)7-5-3-2-4-6-7;1-3(4)5-2;1-2/h2-6H,1H3;1-2H3;1-2H3. The number of carbonyl (C=O) groups excluding carboxylic acids is 2. The van der Waals surface area contributed by atoms with Crippen molar-refractivity contribution in [2.75, 3.05) is 14.2 Å². The zero-order valence-corrected chi connectivity index (χ0v) is 11.0. The fourth-order valence-corrected chi connectivity index (χ4v) is 0.692. The predicted molar refractivity (Wildman–Crippen MR) is 66.8 cm³/mol. The van der Waals surface area contributed by atoms with Crippen molar-refractivity contribution in [1.82, 2.24) is 0 Å². The van der Waals surface area contributed by atoms with Gasteiger partial charge in [0.2, 0.25) is 0 Å². The minimum atomic E-state index is -0.291. The normalized spacial score (nSPS) is 7.59. The second-order valence-electron chi connectivity index (χ2n) is 2.55. The van der Waals surface area contributed by atoms with E-state index in [4.69, 9.17) is 0 Å². The van der Waals surface area contributed by atoms with E-state index in [0.29, 0.717) is 5.56 Å². The van der Waals surface area contributed by atoms with Crippen LogP contribution < -0.4 is 0 Å². The van der Waals surface area contributed by atoms with Gasteiger partial charge in [0.25, 0.3) is 0 Å². The molecule has 96 valence electrons. The average molecular weight is 240 g/mol. The van der Waals surface area contributed by atoms with Crippen molar-refractivity contribution in [1.29, 1.82) is 0 Å². The molecule has 0 saturated heterocycles. The first-order valence-electron chi connectivity index (χ1n) is 5.29. The topological polar surface area (TPSA) is 52.6 Å². The maximum absolute atomic E-state index is 10.8. The Morgan fingerprint density at radius 1 is 0.941 bits per heavy atom. The van der Waals surface area contributed by atoms with E-state index in [9.17, 15) is 9.59 Å². The molecule has 0 aliphatic rings. The number of hydrogen-bond donors (Lipinski definition) is 0. The quantitative estimate of drug-likeness (QED) is 0.708. The molecule has 0 unspecified atom stereocenters. The van der Waals surface area contributed by atoms with Crippen LogP contribution in [0.5, 0.6) is 0 Å². The van der Waals surface area contributed by atoms with Crippen LogP contribution >= 0.6 is 0 Å². The molecule has 0 spiro atoms. The van der Waals surface area contributed by atoms with Gasteiger partial charge in [-0.2, -0.15) is 0 Å². The Balaban J connectivity index is 0. The van der Waals surface area contributed by atoms with E-state index in [0.717, 1.165) is 0 Å². The monoisotopic (exact) mass is 240 g/mol. The van der Waals surface area contributed by atoms with Crippen molar-refractivity contribution in [2.24, 2.45) is 0 Å². The molecule has 1 aromatic rings. The molecule has 17 heavy (non-hydrogen) atoms. The van der Waals surface area contributed by atoms with Gasteiger partial charge in [-0.05, 0) is 12.1 Å². The molecular formula is C13H20O4. The third kappa shape index (κ3) is 10.4.